The van der Waals surface area contributed by atoms with E-state index in [0.29, 0.717) is 37.9 Å². The van der Waals surface area contributed by atoms with E-state index in [1.54, 1.807) is 20.2 Å². The van der Waals surface area contributed by atoms with Crippen molar-refractivity contribution >= 4 is 16.0 Å². The third kappa shape index (κ3) is 7.17. The summed E-state index contributed by atoms with van der Waals surface area (Å²) >= 11 is 0. The maximum Gasteiger partial charge on any atom is 0.226 e. The minimum absolute atomic E-state index is 0.114. The Morgan fingerprint density at radius 1 is 1.21 bits per heavy atom. The molecule has 0 fully saturated rings. The molecule has 2 rings (SSSR count). The summed E-state index contributed by atoms with van der Waals surface area (Å²) in [6.07, 6.45) is 2.30. The zero-order chi connectivity index (χ0) is 21.3. The molecule has 0 aliphatic rings. The summed E-state index contributed by atoms with van der Waals surface area (Å²) in [6, 6.07) is 8.01. The molecule has 1 aromatic carbocycles. The average molecular weight is 422 g/mol. The van der Waals surface area contributed by atoms with Crippen LogP contribution in [-0.2, 0) is 16.6 Å². The molecule has 0 aliphatic heterocycles. The summed E-state index contributed by atoms with van der Waals surface area (Å²) in [7, 11) is -1.53. The molecule has 2 aromatic rings. The van der Waals surface area contributed by atoms with Gasteiger partial charge in [0.2, 0.25) is 15.9 Å². The van der Waals surface area contributed by atoms with Crippen LogP contribution in [0.4, 0.5) is 0 Å². The van der Waals surface area contributed by atoms with Crippen molar-refractivity contribution in [3.05, 3.63) is 41.8 Å². The predicted octanol–water partition coefficient (Wildman–Crippen LogP) is 2.38. The lowest BCUT2D eigenvalue weighted by molar-refractivity contribution is 0.461. The molecule has 2 N–H and O–H groups in total. The summed E-state index contributed by atoms with van der Waals surface area (Å²) in [5.74, 6) is 1.35. The van der Waals surface area contributed by atoms with E-state index < -0.39 is 10.0 Å². The number of aromatic nitrogens is 1. The number of benzene rings is 1. The van der Waals surface area contributed by atoms with E-state index in [2.05, 4.69) is 20.6 Å². The van der Waals surface area contributed by atoms with Crippen LogP contribution < -0.4 is 10.6 Å². The lowest BCUT2D eigenvalue weighted by Crippen LogP contribution is -2.39. The molecule has 0 saturated carbocycles. The Morgan fingerprint density at radius 2 is 1.93 bits per heavy atom. The van der Waals surface area contributed by atoms with Crippen molar-refractivity contribution in [3.63, 3.8) is 0 Å². The monoisotopic (exact) mass is 421 g/mol. The number of guanidine groups is 1. The first-order valence-electron chi connectivity index (χ1n) is 9.83. The van der Waals surface area contributed by atoms with Gasteiger partial charge in [0.1, 0.15) is 12.0 Å². The van der Waals surface area contributed by atoms with Crippen molar-refractivity contribution in [2.24, 2.45) is 4.99 Å². The van der Waals surface area contributed by atoms with Crippen LogP contribution in [0.25, 0.3) is 11.5 Å². The second kappa shape index (κ2) is 11.0. The highest BCUT2D eigenvalue weighted by Gasteiger charge is 2.14. The molecule has 160 valence electrons. The van der Waals surface area contributed by atoms with Gasteiger partial charge in [0.15, 0.2) is 5.96 Å². The lowest BCUT2D eigenvalue weighted by atomic mass is 10.1. The highest BCUT2D eigenvalue weighted by atomic mass is 32.2. The fourth-order valence-corrected chi connectivity index (χ4v) is 3.43. The van der Waals surface area contributed by atoms with Gasteiger partial charge in [0, 0.05) is 32.2 Å². The van der Waals surface area contributed by atoms with E-state index in [9.17, 15) is 8.42 Å². The number of oxazole rings is 1. The van der Waals surface area contributed by atoms with Gasteiger partial charge in [-0.1, -0.05) is 17.7 Å². The summed E-state index contributed by atoms with van der Waals surface area (Å²) in [4.78, 5) is 9.02. The summed E-state index contributed by atoms with van der Waals surface area (Å²) in [5, 5.41) is 6.40. The first-order valence-corrected chi connectivity index (χ1v) is 11.4. The molecule has 29 heavy (non-hydrogen) atoms. The Hall–Kier alpha value is -2.39. The Morgan fingerprint density at radius 3 is 2.59 bits per heavy atom. The van der Waals surface area contributed by atoms with Crippen molar-refractivity contribution < 1.29 is 12.8 Å². The normalized spacial score (nSPS) is 12.4. The minimum atomic E-state index is -3.14. The number of aryl methyl sites for hydroxylation is 1. The molecule has 9 heteroatoms. The quantitative estimate of drug-likeness (QED) is 0.347. The van der Waals surface area contributed by atoms with Gasteiger partial charge >= 0.3 is 0 Å². The van der Waals surface area contributed by atoms with E-state index in [-0.39, 0.29) is 5.75 Å². The molecule has 8 nitrogen and oxygen atoms in total. The Labute approximate surface area is 173 Å². The molecule has 0 unspecified atom stereocenters. The first-order chi connectivity index (χ1) is 13.9. The molecule has 0 radical (unpaired) electrons. The fourth-order valence-electron chi connectivity index (χ4n) is 2.58. The molecule has 0 saturated heterocycles. The van der Waals surface area contributed by atoms with Crippen LogP contribution in [0.5, 0.6) is 0 Å². The topological polar surface area (TPSA) is 99.8 Å². The van der Waals surface area contributed by atoms with E-state index in [4.69, 9.17) is 4.42 Å². The molecule has 1 heterocycles. The molecule has 0 atom stereocenters. The van der Waals surface area contributed by atoms with Gasteiger partial charge in [0.25, 0.3) is 0 Å². The molecule has 0 amide bonds. The van der Waals surface area contributed by atoms with Gasteiger partial charge in [-0.25, -0.2) is 22.7 Å². The van der Waals surface area contributed by atoms with E-state index in [1.165, 1.54) is 9.87 Å². The molecule has 1 aromatic heterocycles. The average Bonchev–Trinajstić information content (AvgIpc) is 3.18. The predicted molar refractivity (Wildman–Crippen MR) is 116 cm³/mol. The Kier molecular flexibility index (Phi) is 8.66. The van der Waals surface area contributed by atoms with Crippen LogP contribution in [0.3, 0.4) is 0 Å². The standard InChI is InChI=1S/C20H31N5O3S/c1-5-21-20(22-12-7-13-25(4)29(26,27)6-2)23-14-18-15-28-19(24-18)17-10-8-16(3)9-11-17/h8-11,15H,5-7,12-14H2,1-4H3,(H2,21,22,23). The summed E-state index contributed by atoms with van der Waals surface area (Å²) < 4.78 is 30.5. The number of aliphatic imine (C=N–C) groups is 1. The van der Waals surface area contributed by atoms with E-state index in [0.717, 1.165) is 17.8 Å². The van der Waals surface area contributed by atoms with Crippen molar-refractivity contribution in [1.82, 2.24) is 19.9 Å². The zero-order valence-corrected chi connectivity index (χ0v) is 18.4. The SMILES string of the molecule is CCNC(=NCc1coc(-c2ccc(C)cc2)n1)NCCCN(C)S(=O)(=O)CC. The highest BCUT2D eigenvalue weighted by Crippen LogP contribution is 2.19. The van der Waals surface area contributed by atoms with Gasteiger partial charge < -0.3 is 15.1 Å². The van der Waals surface area contributed by atoms with Crippen molar-refractivity contribution in [2.45, 2.75) is 33.7 Å². The molecular formula is C20H31N5O3S. The smallest absolute Gasteiger partial charge is 0.226 e. The summed E-state index contributed by atoms with van der Waals surface area (Å²) in [5.41, 5.74) is 2.86. The van der Waals surface area contributed by atoms with Crippen molar-refractivity contribution in [1.29, 1.82) is 0 Å². The zero-order valence-electron chi connectivity index (χ0n) is 17.6. The molecular weight excluding hydrogens is 390 g/mol. The minimum Gasteiger partial charge on any atom is -0.444 e. The van der Waals surface area contributed by atoms with Crippen molar-refractivity contribution in [3.8, 4) is 11.5 Å². The van der Waals surface area contributed by atoms with Gasteiger partial charge in [-0.2, -0.15) is 0 Å². The van der Waals surface area contributed by atoms with Gasteiger partial charge in [-0.05, 0) is 39.3 Å². The van der Waals surface area contributed by atoms with Crippen LogP contribution in [0.1, 0.15) is 31.5 Å². The number of hydrogen-bond donors (Lipinski definition) is 2. The van der Waals surface area contributed by atoms with Crippen LogP contribution in [0, 0.1) is 6.92 Å². The molecule has 0 spiro atoms. The number of nitrogens with zero attached hydrogens (tertiary/aromatic N) is 3. The van der Waals surface area contributed by atoms with Crippen LogP contribution in [0.2, 0.25) is 0 Å². The van der Waals surface area contributed by atoms with E-state index >= 15 is 0 Å². The fraction of sp³-hybridized carbons (Fsp3) is 0.500. The third-order valence-corrected chi connectivity index (χ3v) is 6.24. The maximum atomic E-state index is 11.8. The number of nitrogens with one attached hydrogen (secondary N) is 2. The van der Waals surface area contributed by atoms with Gasteiger partial charge in [0.05, 0.1) is 12.3 Å². The Bertz CT molecular complexity index is 891. The Balaban J connectivity index is 1.88. The highest BCUT2D eigenvalue weighted by molar-refractivity contribution is 7.89. The maximum absolute atomic E-state index is 11.8. The van der Waals surface area contributed by atoms with Crippen LogP contribution in [-0.4, -0.2) is 56.1 Å². The second-order valence-electron chi connectivity index (χ2n) is 6.71. The van der Waals surface area contributed by atoms with Crippen LogP contribution in [0.15, 0.2) is 39.9 Å². The van der Waals surface area contributed by atoms with E-state index in [1.807, 2.05) is 38.1 Å². The van der Waals surface area contributed by atoms with Crippen LogP contribution >= 0.6 is 0 Å². The lowest BCUT2D eigenvalue weighted by Gasteiger charge is -2.16. The largest absolute Gasteiger partial charge is 0.444 e. The second-order valence-corrected chi connectivity index (χ2v) is 9.07. The number of hydrogen-bond acceptors (Lipinski definition) is 5. The van der Waals surface area contributed by atoms with Crippen molar-refractivity contribution in [2.75, 3.05) is 32.4 Å². The number of sulfonamides is 1. The third-order valence-electron chi connectivity index (χ3n) is 4.38. The molecule has 0 bridgehead atoms. The molecule has 0 aliphatic carbocycles. The number of rotatable bonds is 10. The first kappa shape index (κ1) is 22.9. The van der Waals surface area contributed by atoms with Gasteiger partial charge in [-0.15, -0.1) is 0 Å². The summed E-state index contributed by atoms with van der Waals surface area (Å²) in [6.45, 7) is 7.86. The van der Waals surface area contributed by atoms with Gasteiger partial charge in [-0.3, -0.25) is 0 Å².